The first-order valence-electron chi connectivity index (χ1n) is 7.21. The molecule has 0 aliphatic rings. The summed E-state index contributed by atoms with van der Waals surface area (Å²) < 4.78 is 41.6. The van der Waals surface area contributed by atoms with Crippen molar-refractivity contribution in [2.24, 2.45) is 10.7 Å². The highest BCUT2D eigenvalue weighted by atomic mass is 127. The highest BCUT2D eigenvalue weighted by molar-refractivity contribution is 14.0. The summed E-state index contributed by atoms with van der Waals surface area (Å²) >= 11 is 0. The first kappa shape index (κ1) is 22.9. The fourth-order valence-corrected chi connectivity index (χ4v) is 2.03. The van der Waals surface area contributed by atoms with Crippen molar-refractivity contribution in [1.29, 1.82) is 0 Å². The van der Waals surface area contributed by atoms with E-state index in [2.05, 4.69) is 10.3 Å². The second-order valence-corrected chi connectivity index (χ2v) is 5.19. The van der Waals surface area contributed by atoms with Crippen LogP contribution in [0.1, 0.15) is 12.0 Å². The van der Waals surface area contributed by atoms with Gasteiger partial charge in [0.15, 0.2) is 5.96 Å². The maximum Gasteiger partial charge on any atom is 0.401 e. The Labute approximate surface area is 157 Å². The van der Waals surface area contributed by atoms with E-state index in [-0.39, 0.29) is 29.9 Å². The van der Waals surface area contributed by atoms with Crippen LogP contribution in [0.4, 0.5) is 18.9 Å². The van der Waals surface area contributed by atoms with Gasteiger partial charge in [-0.1, -0.05) is 18.2 Å². The van der Waals surface area contributed by atoms with Crippen LogP contribution < -0.4 is 11.1 Å². The number of nitrogens with two attached hydrogens (primary N) is 1. The Morgan fingerprint density at radius 1 is 1.33 bits per heavy atom. The number of nitrogens with zero attached hydrogens (tertiary/aromatic N) is 2. The molecule has 0 amide bonds. The predicted octanol–water partition coefficient (Wildman–Crippen LogP) is 3.06. The molecule has 0 radical (unpaired) electrons. The first-order chi connectivity index (χ1) is 10.8. The predicted molar refractivity (Wildman–Crippen MR) is 101 cm³/mol. The zero-order valence-electron chi connectivity index (χ0n) is 13.8. The number of anilines is 1. The number of guanidine groups is 1. The molecule has 0 spiro atoms. The summed E-state index contributed by atoms with van der Waals surface area (Å²) in [5.74, 6) is 0.229. The molecule has 0 bridgehead atoms. The van der Waals surface area contributed by atoms with Crippen LogP contribution in [-0.2, 0) is 11.3 Å². The topological polar surface area (TPSA) is 62.9 Å². The lowest BCUT2D eigenvalue weighted by Gasteiger charge is -2.17. The smallest absolute Gasteiger partial charge is 0.380 e. The van der Waals surface area contributed by atoms with E-state index < -0.39 is 12.7 Å². The minimum atomic E-state index is -4.18. The molecular formula is C15H24F3IN4O. The first-order valence-corrected chi connectivity index (χ1v) is 7.21. The number of benzene rings is 1. The van der Waals surface area contributed by atoms with Gasteiger partial charge in [-0.25, -0.2) is 0 Å². The molecule has 3 N–H and O–H groups in total. The standard InChI is InChI=1S/C15H23F3N4O.HI/c1-22(11-15(16,17)18)9-5-8-20-14(19)21-13-7-4-3-6-12(13)10-23-2;/h3-4,6-7H,5,8-11H2,1-2H3,(H3,19,20,21);1H. The Kier molecular flexibility index (Phi) is 11.0. The van der Waals surface area contributed by atoms with Gasteiger partial charge < -0.3 is 15.8 Å². The number of rotatable bonds is 8. The van der Waals surface area contributed by atoms with Crippen molar-refractivity contribution in [1.82, 2.24) is 4.90 Å². The number of aliphatic imine (C=N–C) groups is 1. The lowest BCUT2D eigenvalue weighted by molar-refractivity contribution is -0.143. The Hall–Kier alpha value is -1.07. The molecule has 0 unspecified atom stereocenters. The molecule has 5 nitrogen and oxygen atoms in total. The van der Waals surface area contributed by atoms with Gasteiger partial charge in [0.2, 0.25) is 0 Å². The number of nitrogens with one attached hydrogen (secondary N) is 1. The molecule has 24 heavy (non-hydrogen) atoms. The zero-order chi connectivity index (χ0) is 17.3. The van der Waals surface area contributed by atoms with Crippen molar-refractivity contribution in [2.75, 3.05) is 39.1 Å². The van der Waals surface area contributed by atoms with Gasteiger partial charge in [0, 0.05) is 24.9 Å². The van der Waals surface area contributed by atoms with Crippen LogP contribution in [-0.4, -0.2) is 50.8 Å². The molecule has 0 aliphatic heterocycles. The summed E-state index contributed by atoms with van der Waals surface area (Å²) in [6, 6.07) is 7.52. The largest absolute Gasteiger partial charge is 0.401 e. The summed E-state index contributed by atoms with van der Waals surface area (Å²) in [6.45, 7) is 0.178. The van der Waals surface area contributed by atoms with E-state index in [0.717, 1.165) is 11.3 Å². The van der Waals surface area contributed by atoms with Crippen LogP contribution in [0, 0.1) is 0 Å². The van der Waals surface area contributed by atoms with Crippen molar-refractivity contribution in [3.63, 3.8) is 0 Å². The van der Waals surface area contributed by atoms with E-state index in [1.54, 1.807) is 7.11 Å². The maximum atomic E-state index is 12.2. The van der Waals surface area contributed by atoms with E-state index in [0.29, 0.717) is 26.1 Å². The van der Waals surface area contributed by atoms with Crippen LogP contribution >= 0.6 is 24.0 Å². The summed E-state index contributed by atoms with van der Waals surface area (Å²) in [5.41, 5.74) is 7.53. The highest BCUT2D eigenvalue weighted by Gasteiger charge is 2.28. The second kappa shape index (κ2) is 11.5. The normalized spacial score (nSPS) is 12.2. The minimum absolute atomic E-state index is 0. The fraction of sp³-hybridized carbons (Fsp3) is 0.533. The molecule has 0 aromatic heterocycles. The molecule has 0 aliphatic carbocycles. The van der Waals surface area contributed by atoms with Crippen molar-refractivity contribution in [3.8, 4) is 0 Å². The monoisotopic (exact) mass is 460 g/mol. The lowest BCUT2D eigenvalue weighted by Crippen LogP contribution is -2.32. The van der Waals surface area contributed by atoms with E-state index in [1.807, 2.05) is 24.3 Å². The van der Waals surface area contributed by atoms with Gasteiger partial charge in [-0.15, -0.1) is 24.0 Å². The SMILES string of the molecule is COCc1ccccc1NC(N)=NCCCN(C)CC(F)(F)F.I. The maximum absolute atomic E-state index is 12.2. The molecule has 138 valence electrons. The van der Waals surface area contributed by atoms with Gasteiger partial charge in [0.05, 0.1) is 13.2 Å². The number of para-hydroxylation sites is 1. The lowest BCUT2D eigenvalue weighted by atomic mass is 10.2. The number of alkyl halides is 3. The Morgan fingerprint density at radius 2 is 2.00 bits per heavy atom. The van der Waals surface area contributed by atoms with Gasteiger partial charge >= 0.3 is 6.18 Å². The van der Waals surface area contributed by atoms with Crippen molar-refractivity contribution < 1.29 is 17.9 Å². The van der Waals surface area contributed by atoms with E-state index in [1.165, 1.54) is 11.9 Å². The van der Waals surface area contributed by atoms with Crippen molar-refractivity contribution in [3.05, 3.63) is 29.8 Å². The second-order valence-electron chi connectivity index (χ2n) is 5.19. The molecule has 0 saturated carbocycles. The van der Waals surface area contributed by atoms with Gasteiger partial charge in [-0.05, 0) is 26.1 Å². The summed E-state index contributed by atoms with van der Waals surface area (Å²) in [6.07, 6.45) is -3.68. The molecular weight excluding hydrogens is 436 g/mol. The Balaban J connectivity index is 0.00000529. The average molecular weight is 460 g/mol. The van der Waals surface area contributed by atoms with Crippen LogP contribution in [0.3, 0.4) is 0 Å². The van der Waals surface area contributed by atoms with E-state index >= 15 is 0 Å². The van der Waals surface area contributed by atoms with Gasteiger partial charge in [-0.3, -0.25) is 9.89 Å². The molecule has 1 aromatic rings. The van der Waals surface area contributed by atoms with Crippen molar-refractivity contribution >= 4 is 35.6 Å². The van der Waals surface area contributed by atoms with Crippen LogP contribution in [0.5, 0.6) is 0 Å². The quantitative estimate of drug-likeness (QED) is 0.271. The third kappa shape index (κ3) is 9.93. The van der Waals surface area contributed by atoms with Crippen LogP contribution in [0.2, 0.25) is 0 Å². The third-order valence-corrected chi connectivity index (χ3v) is 3.01. The van der Waals surface area contributed by atoms with Gasteiger partial charge in [0.25, 0.3) is 0 Å². The average Bonchev–Trinajstić information content (AvgIpc) is 2.44. The fourth-order valence-electron chi connectivity index (χ4n) is 2.03. The summed E-state index contributed by atoms with van der Waals surface area (Å²) in [7, 11) is 3.03. The van der Waals surface area contributed by atoms with Gasteiger partial charge in [-0.2, -0.15) is 13.2 Å². The molecule has 1 aromatic carbocycles. The number of hydrogen-bond acceptors (Lipinski definition) is 3. The number of methoxy groups -OCH3 is 1. The van der Waals surface area contributed by atoms with E-state index in [4.69, 9.17) is 10.5 Å². The molecule has 1 rings (SSSR count). The molecule has 0 saturated heterocycles. The number of hydrogen-bond donors (Lipinski definition) is 2. The molecule has 0 fully saturated rings. The number of ether oxygens (including phenoxy) is 1. The molecule has 0 atom stereocenters. The van der Waals surface area contributed by atoms with Crippen LogP contribution in [0.15, 0.2) is 29.3 Å². The minimum Gasteiger partial charge on any atom is -0.380 e. The summed E-state index contributed by atoms with van der Waals surface area (Å²) in [5, 5.41) is 2.98. The number of halogens is 4. The summed E-state index contributed by atoms with van der Waals surface area (Å²) in [4.78, 5) is 5.34. The van der Waals surface area contributed by atoms with E-state index in [9.17, 15) is 13.2 Å². The van der Waals surface area contributed by atoms with Crippen LogP contribution in [0.25, 0.3) is 0 Å². The third-order valence-electron chi connectivity index (χ3n) is 3.01. The zero-order valence-corrected chi connectivity index (χ0v) is 16.1. The molecule has 9 heteroatoms. The van der Waals surface area contributed by atoms with Gasteiger partial charge in [0.1, 0.15) is 0 Å². The Morgan fingerprint density at radius 3 is 2.62 bits per heavy atom. The van der Waals surface area contributed by atoms with Crippen molar-refractivity contribution in [2.45, 2.75) is 19.2 Å². The molecule has 0 heterocycles. The Bertz CT molecular complexity index is 512. The highest BCUT2D eigenvalue weighted by Crippen LogP contribution is 2.16.